The first-order valence-electron chi connectivity index (χ1n) is 6.67. The molecule has 0 aromatic heterocycles. The lowest BCUT2D eigenvalue weighted by atomic mass is 9.87. The first-order chi connectivity index (χ1) is 10.1. The van der Waals surface area contributed by atoms with Crippen LogP contribution in [0.15, 0.2) is 54.1 Å². The number of allylic oxidation sites excluding steroid dienone is 4. The fourth-order valence-electron chi connectivity index (χ4n) is 2.66. The van der Waals surface area contributed by atoms with E-state index in [0.29, 0.717) is 22.5 Å². The predicted octanol–water partition coefficient (Wildman–Crippen LogP) is 3.33. The second-order valence-corrected chi connectivity index (χ2v) is 4.93. The van der Waals surface area contributed by atoms with Gasteiger partial charge in [-0.1, -0.05) is 30.3 Å². The van der Waals surface area contributed by atoms with Crippen molar-refractivity contribution in [3.63, 3.8) is 0 Å². The summed E-state index contributed by atoms with van der Waals surface area (Å²) in [7, 11) is 1.56. The molecular formula is C18H14O3. The van der Waals surface area contributed by atoms with Crippen LogP contribution in [0.1, 0.15) is 12.5 Å². The molecule has 0 unspecified atom stereocenters. The maximum atomic E-state index is 12.3. The molecule has 0 aliphatic heterocycles. The van der Waals surface area contributed by atoms with Gasteiger partial charge < -0.3 is 4.74 Å². The minimum absolute atomic E-state index is 0.139. The van der Waals surface area contributed by atoms with Gasteiger partial charge in [-0.25, -0.2) is 0 Å². The molecule has 21 heavy (non-hydrogen) atoms. The minimum Gasteiger partial charge on any atom is -0.496 e. The number of carbonyl (C=O) groups excluding carboxylic acids is 2. The number of hydrogen-bond donors (Lipinski definition) is 0. The first kappa shape index (κ1) is 13.3. The van der Waals surface area contributed by atoms with Crippen molar-refractivity contribution in [3.8, 4) is 5.75 Å². The van der Waals surface area contributed by atoms with E-state index in [9.17, 15) is 9.59 Å². The number of benzene rings is 2. The summed E-state index contributed by atoms with van der Waals surface area (Å²) in [5.74, 6) is 0.292. The fourth-order valence-corrected chi connectivity index (χ4v) is 2.66. The number of hydrogen-bond acceptors (Lipinski definition) is 3. The molecule has 0 heterocycles. The molecule has 0 amide bonds. The van der Waals surface area contributed by atoms with Crippen molar-refractivity contribution < 1.29 is 14.3 Å². The Kier molecular flexibility index (Phi) is 3.18. The molecule has 1 aliphatic carbocycles. The minimum atomic E-state index is -0.165. The van der Waals surface area contributed by atoms with E-state index in [2.05, 4.69) is 0 Å². The quantitative estimate of drug-likeness (QED) is 0.791. The summed E-state index contributed by atoms with van der Waals surface area (Å²) in [5.41, 5.74) is 1.57. The standard InChI is InChI=1S/C18H14O3/c1-11-14(19)8-9-15(20)17(11)18-13-6-4-3-5-12(13)7-10-16(18)21-2/h3-10H,1-2H3. The predicted molar refractivity (Wildman–Crippen MR) is 82.2 cm³/mol. The third-order valence-corrected chi connectivity index (χ3v) is 3.74. The number of fused-ring (bicyclic) bond motifs is 1. The lowest BCUT2D eigenvalue weighted by molar-refractivity contribution is -0.113. The maximum absolute atomic E-state index is 12.3. The SMILES string of the molecule is COc1ccc2ccccc2c1C1=C(C)C(=O)C=CC1=O. The van der Waals surface area contributed by atoms with Crippen molar-refractivity contribution in [1.82, 2.24) is 0 Å². The first-order valence-corrected chi connectivity index (χ1v) is 6.67. The summed E-state index contributed by atoms with van der Waals surface area (Å²) in [6, 6.07) is 11.5. The number of rotatable bonds is 2. The van der Waals surface area contributed by atoms with E-state index in [1.807, 2.05) is 36.4 Å². The Balaban J connectivity index is 2.41. The van der Waals surface area contributed by atoms with E-state index in [4.69, 9.17) is 4.74 Å². The Morgan fingerprint density at radius 1 is 0.905 bits per heavy atom. The number of ketones is 2. The molecule has 0 atom stereocenters. The van der Waals surface area contributed by atoms with Crippen LogP contribution >= 0.6 is 0 Å². The maximum Gasteiger partial charge on any atom is 0.187 e. The zero-order chi connectivity index (χ0) is 15.0. The highest BCUT2D eigenvalue weighted by Gasteiger charge is 2.25. The van der Waals surface area contributed by atoms with Gasteiger partial charge in [-0.2, -0.15) is 0 Å². The van der Waals surface area contributed by atoms with Crippen LogP contribution in [-0.4, -0.2) is 18.7 Å². The summed E-state index contributed by atoms with van der Waals surface area (Å²) < 4.78 is 5.42. The van der Waals surface area contributed by atoms with Gasteiger partial charge in [0, 0.05) is 16.7 Å². The second kappa shape index (κ2) is 5.02. The zero-order valence-electron chi connectivity index (χ0n) is 11.8. The molecule has 2 aromatic rings. The molecule has 0 saturated heterocycles. The lowest BCUT2D eigenvalue weighted by Gasteiger charge is -2.17. The number of carbonyl (C=O) groups is 2. The van der Waals surface area contributed by atoms with Crippen LogP contribution in [0.3, 0.4) is 0 Å². The molecule has 3 heteroatoms. The van der Waals surface area contributed by atoms with Crippen molar-refractivity contribution in [1.29, 1.82) is 0 Å². The monoisotopic (exact) mass is 278 g/mol. The normalized spacial score (nSPS) is 15.0. The van der Waals surface area contributed by atoms with Gasteiger partial charge in [0.05, 0.1) is 7.11 Å². The van der Waals surface area contributed by atoms with E-state index in [-0.39, 0.29) is 11.6 Å². The smallest absolute Gasteiger partial charge is 0.187 e. The van der Waals surface area contributed by atoms with Crippen molar-refractivity contribution in [2.45, 2.75) is 6.92 Å². The molecule has 3 nitrogen and oxygen atoms in total. The average Bonchev–Trinajstić information content (AvgIpc) is 2.51. The van der Waals surface area contributed by atoms with Gasteiger partial charge in [0.25, 0.3) is 0 Å². The van der Waals surface area contributed by atoms with Gasteiger partial charge in [-0.15, -0.1) is 0 Å². The molecule has 3 rings (SSSR count). The van der Waals surface area contributed by atoms with Gasteiger partial charge >= 0.3 is 0 Å². The molecule has 0 fully saturated rings. The van der Waals surface area contributed by atoms with Crippen LogP contribution in [0, 0.1) is 0 Å². The summed E-state index contributed by atoms with van der Waals surface area (Å²) in [6.45, 7) is 1.68. The number of ether oxygens (including phenoxy) is 1. The van der Waals surface area contributed by atoms with Gasteiger partial charge in [0.1, 0.15) is 5.75 Å². The van der Waals surface area contributed by atoms with Crippen molar-refractivity contribution in [2.75, 3.05) is 7.11 Å². The highest BCUT2D eigenvalue weighted by molar-refractivity contribution is 6.37. The van der Waals surface area contributed by atoms with Crippen LogP contribution in [0.4, 0.5) is 0 Å². The van der Waals surface area contributed by atoms with E-state index >= 15 is 0 Å². The molecule has 104 valence electrons. The molecule has 2 aromatic carbocycles. The lowest BCUT2D eigenvalue weighted by Crippen LogP contribution is -2.12. The Hall–Kier alpha value is -2.68. The molecule has 0 spiro atoms. The highest BCUT2D eigenvalue weighted by atomic mass is 16.5. The van der Waals surface area contributed by atoms with Crippen molar-refractivity contribution >= 4 is 27.9 Å². The van der Waals surface area contributed by atoms with E-state index in [0.717, 1.165) is 10.8 Å². The average molecular weight is 278 g/mol. The van der Waals surface area contributed by atoms with Crippen LogP contribution in [-0.2, 0) is 9.59 Å². The molecule has 0 bridgehead atoms. The Bertz CT molecular complexity index is 825. The molecule has 0 saturated carbocycles. The molecule has 0 N–H and O–H groups in total. The molecule has 1 aliphatic rings. The van der Waals surface area contributed by atoms with Crippen LogP contribution in [0.2, 0.25) is 0 Å². The van der Waals surface area contributed by atoms with Crippen LogP contribution < -0.4 is 4.74 Å². The van der Waals surface area contributed by atoms with Crippen LogP contribution in [0.5, 0.6) is 5.75 Å². The van der Waals surface area contributed by atoms with Gasteiger partial charge in [0.2, 0.25) is 0 Å². The Morgan fingerprint density at radius 3 is 2.38 bits per heavy atom. The van der Waals surface area contributed by atoms with Gasteiger partial charge in [-0.05, 0) is 35.9 Å². The summed E-state index contributed by atoms with van der Waals surface area (Å²) >= 11 is 0. The van der Waals surface area contributed by atoms with Crippen molar-refractivity contribution in [3.05, 3.63) is 59.7 Å². The van der Waals surface area contributed by atoms with Gasteiger partial charge in [-0.3, -0.25) is 9.59 Å². The summed E-state index contributed by atoms with van der Waals surface area (Å²) in [5, 5.41) is 1.91. The fraction of sp³-hybridized carbons (Fsp3) is 0.111. The Labute approximate surface area is 122 Å². The summed E-state index contributed by atoms with van der Waals surface area (Å²) in [6.07, 6.45) is 2.64. The number of methoxy groups -OCH3 is 1. The highest BCUT2D eigenvalue weighted by Crippen LogP contribution is 2.37. The van der Waals surface area contributed by atoms with E-state index in [1.165, 1.54) is 12.2 Å². The molecule has 0 radical (unpaired) electrons. The Morgan fingerprint density at radius 2 is 1.62 bits per heavy atom. The molecular weight excluding hydrogens is 264 g/mol. The summed E-state index contributed by atoms with van der Waals surface area (Å²) in [4.78, 5) is 24.2. The van der Waals surface area contributed by atoms with E-state index < -0.39 is 0 Å². The van der Waals surface area contributed by atoms with Gasteiger partial charge in [0.15, 0.2) is 11.6 Å². The van der Waals surface area contributed by atoms with Crippen molar-refractivity contribution in [2.24, 2.45) is 0 Å². The topological polar surface area (TPSA) is 43.4 Å². The second-order valence-electron chi connectivity index (χ2n) is 4.93. The van der Waals surface area contributed by atoms with Crippen LogP contribution in [0.25, 0.3) is 16.3 Å². The third kappa shape index (κ3) is 2.07. The van der Waals surface area contributed by atoms with E-state index in [1.54, 1.807) is 14.0 Å². The zero-order valence-corrected chi connectivity index (χ0v) is 11.8. The largest absolute Gasteiger partial charge is 0.496 e. The third-order valence-electron chi connectivity index (χ3n) is 3.74.